The van der Waals surface area contributed by atoms with Crippen LogP contribution in [0.4, 0.5) is 0 Å². The van der Waals surface area contributed by atoms with Crippen molar-refractivity contribution < 1.29 is 4.74 Å². The number of rotatable bonds is 5. The van der Waals surface area contributed by atoms with Crippen LogP contribution in [-0.4, -0.2) is 27.1 Å². The van der Waals surface area contributed by atoms with Crippen LogP contribution >= 0.6 is 11.8 Å². The number of thioether (sulfide) groups is 1. The van der Waals surface area contributed by atoms with E-state index in [0.29, 0.717) is 5.25 Å². The van der Waals surface area contributed by atoms with Gasteiger partial charge in [-0.2, -0.15) is 0 Å². The molecule has 0 saturated heterocycles. The minimum Gasteiger partial charge on any atom is -0.497 e. The van der Waals surface area contributed by atoms with E-state index in [9.17, 15) is 0 Å². The number of aromatic nitrogens is 3. The largest absolute Gasteiger partial charge is 0.497 e. The fourth-order valence-corrected chi connectivity index (χ4v) is 3.10. The molecule has 0 amide bonds. The third-order valence-corrected chi connectivity index (χ3v) is 4.28. The van der Waals surface area contributed by atoms with E-state index in [1.54, 1.807) is 18.9 Å². The maximum absolute atomic E-state index is 5.23. The lowest BCUT2D eigenvalue weighted by atomic mass is 10.2. The second-order valence-electron chi connectivity index (χ2n) is 5.37. The SMILES string of the molecule is COc1ccc(-c2nnc(SC(C)C)n2-c2ccccc2)cc1. The molecule has 3 aromatic rings. The van der Waals surface area contributed by atoms with Crippen LogP contribution < -0.4 is 4.74 Å². The molecule has 0 unspecified atom stereocenters. The van der Waals surface area contributed by atoms with Crippen LogP contribution in [0.2, 0.25) is 0 Å². The van der Waals surface area contributed by atoms with Crippen molar-refractivity contribution in [2.75, 3.05) is 7.11 Å². The highest BCUT2D eigenvalue weighted by Crippen LogP contribution is 2.30. The fourth-order valence-electron chi connectivity index (χ4n) is 2.29. The molecule has 118 valence electrons. The Morgan fingerprint density at radius 3 is 2.26 bits per heavy atom. The van der Waals surface area contributed by atoms with E-state index < -0.39 is 0 Å². The molecular formula is C18H19N3OS. The van der Waals surface area contributed by atoms with Gasteiger partial charge in [-0.3, -0.25) is 4.57 Å². The van der Waals surface area contributed by atoms with Crippen molar-refractivity contribution in [1.82, 2.24) is 14.8 Å². The number of methoxy groups -OCH3 is 1. The fraction of sp³-hybridized carbons (Fsp3) is 0.222. The van der Waals surface area contributed by atoms with Gasteiger partial charge in [-0.25, -0.2) is 0 Å². The van der Waals surface area contributed by atoms with Gasteiger partial charge in [-0.15, -0.1) is 10.2 Å². The number of benzene rings is 2. The molecular weight excluding hydrogens is 306 g/mol. The van der Waals surface area contributed by atoms with Crippen molar-refractivity contribution >= 4 is 11.8 Å². The summed E-state index contributed by atoms with van der Waals surface area (Å²) in [7, 11) is 1.67. The van der Waals surface area contributed by atoms with Crippen LogP contribution in [0, 0.1) is 0 Å². The second-order valence-corrected chi connectivity index (χ2v) is 6.92. The zero-order chi connectivity index (χ0) is 16.2. The molecule has 0 aliphatic heterocycles. The summed E-state index contributed by atoms with van der Waals surface area (Å²) in [6.07, 6.45) is 0. The summed E-state index contributed by atoms with van der Waals surface area (Å²) in [4.78, 5) is 0. The molecule has 4 nitrogen and oxygen atoms in total. The first-order chi connectivity index (χ1) is 11.2. The standard InChI is InChI=1S/C18H19N3OS/c1-13(2)23-18-20-19-17(14-9-11-16(22-3)12-10-14)21(18)15-7-5-4-6-8-15/h4-13H,1-3H3. The van der Waals surface area contributed by atoms with Crippen LogP contribution in [0.25, 0.3) is 17.1 Å². The second kappa shape index (κ2) is 6.87. The summed E-state index contributed by atoms with van der Waals surface area (Å²) in [5.41, 5.74) is 2.07. The Balaban J connectivity index is 2.11. The van der Waals surface area contributed by atoms with E-state index in [-0.39, 0.29) is 0 Å². The Morgan fingerprint density at radius 2 is 1.65 bits per heavy atom. The summed E-state index contributed by atoms with van der Waals surface area (Å²) in [5, 5.41) is 10.2. The highest BCUT2D eigenvalue weighted by molar-refractivity contribution is 7.99. The van der Waals surface area contributed by atoms with E-state index in [0.717, 1.165) is 28.0 Å². The molecule has 23 heavy (non-hydrogen) atoms. The molecule has 0 radical (unpaired) electrons. The van der Waals surface area contributed by atoms with Gasteiger partial charge in [0.1, 0.15) is 5.75 Å². The van der Waals surface area contributed by atoms with E-state index in [2.05, 4.69) is 40.7 Å². The van der Waals surface area contributed by atoms with Gasteiger partial charge in [-0.05, 0) is 36.4 Å². The van der Waals surface area contributed by atoms with Crippen molar-refractivity contribution in [1.29, 1.82) is 0 Å². The van der Waals surface area contributed by atoms with Crippen LogP contribution in [0.1, 0.15) is 13.8 Å². The van der Waals surface area contributed by atoms with Gasteiger partial charge in [0.05, 0.1) is 7.11 Å². The Kier molecular flexibility index (Phi) is 4.67. The van der Waals surface area contributed by atoms with E-state index in [1.165, 1.54) is 0 Å². The Bertz CT molecular complexity index is 767. The maximum Gasteiger partial charge on any atom is 0.196 e. The molecule has 1 aromatic heterocycles. The minimum absolute atomic E-state index is 0.436. The minimum atomic E-state index is 0.436. The van der Waals surface area contributed by atoms with Crippen molar-refractivity contribution in [2.45, 2.75) is 24.3 Å². The van der Waals surface area contributed by atoms with Gasteiger partial charge in [0.2, 0.25) is 0 Å². The van der Waals surface area contributed by atoms with Gasteiger partial charge in [0.15, 0.2) is 11.0 Å². The zero-order valence-electron chi connectivity index (χ0n) is 13.4. The van der Waals surface area contributed by atoms with E-state index >= 15 is 0 Å². The highest BCUT2D eigenvalue weighted by atomic mass is 32.2. The number of hydrogen-bond acceptors (Lipinski definition) is 4. The van der Waals surface area contributed by atoms with Gasteiger partial charge in [0.25, 0.3) is 0 Å². The summed E-state index contributed by atoms with van der Waals surface area (Å²) in [6, 6.07) is 18.1. The molecule has 0 aliphatic carbocycles. The molecule has 0 aliphatic rings. The molecule has 0 spiro atoms. The van der Waals surface area contributed by atoms with Crippen LogP contribution in [-0.2, 0) is 0 Å². The van der Waals surface area contributed by atoms with E-state index in [4.69, 9.17) is 4.74 Å². The summed E-state index contributed by atoms with van der Waals surface area (Å²) in [6.45, 7) is 4.31. The first-order valence-corrected chi connectivity index (χ1v) is 8.39. The van der Waals surface area contributed by atoms with Crippen LogP contribution in [0.5, 0.6) is 5.75 Å². The lowest BCUT2D eigenvalue weighted by molar-refractivity contribution is 0.415. The van der Waals surface area contributed by atoms with Crippen molar-refractivity contribution in [3.05, 3.63) is 54.6 Å². The highest BCUT2D eigenvalue weighted by Gasteiger charge is 2.16. The molecule has 1 heterocycles. The Morgan fingerprint density at radius 1 is 0.957 bits per heavy atom. The number of nitrogens with zero attached hydrogens (tertiary/aromatic N) is 3. The molecule has 0 bridgehead atoms. The van der Waals surface area contributed by atoms with Crippen LogP contribution in [0.15, 0.2) is 59.8 Å². The van der Waals surface area contributed by atoms with Crippen LogP contribution in [0.3, 0.4) is 0 Å². The average Bonchev–Trinajstić information content (AvgIpc) is 2.98. The zero-order valence-corrected chi connectivity index (χ0v) is 14.2. The predicted molar refractivity (Wildman–Crippen MR) is 94.3 cm³/mol. The lowest BCUT2D eigenvalue weighted by Crippen LogP contribution is -2.01. The predicted octanol–water partition coefficient (Wildman–Crippen LogP) is 4.44. The van der Waals surface area contributed by atoms with Gasteiger partial charge < -0.3 is 4.74 Å². The summed E-state index contributed by atoms with van der Waals surface area (Å²) in [5.74, 6) is 1.67. The molecule has 2 aromatic carbocycles. The number of hydrogen-bond donors (Lipinski definition) is 0. The van der Waals surface area contributed by atoms with Crippen molar-refractivity contribution in [3.8, 4) is 22.8 Å². The molecule has 0 N–H and O–H groups in total. The Labute approximate surface area is 140 Å². The monoisotopic (exact) mass is 325 g/mol. The maximum atomic E-state index is 5.23. The van der Waals surface area contributed by atoms with Gasteiger partial charge in [-0.1, -0.05) is 43.8 Å². The molecule has 0 atom stereocenters. The van der Waals surface area contributed by atoms with Gasteiger partial charge >= 0.3 is 0 Å². The third kappa shape index (κ3) is 3.40. The first kappa shape index (κ1) is 15.6. The van der Waals surface area contributed by atoms with Gasteiger partial charge in [0, 0.05) is 16.5 Å². The summed E-state index contributed by atoms with van der Waals surface area (Å²) >= 11 is 1.71. The lowest BCUT2D eigenvalue weighted by Gasteiger charge is -2.11. The smallest absolute Gasteiger partial charge is 0.196 e. The molecule has 0 fully saturated rings. The third-order valence-electron chi connectivity index (χ3n) is 3.34. The van der Waals surface area contributed by atoms with Crippen molar-refractivity contribution in [2.24, 2.45) is 0 Å². The number of para-hydroxylation sites is 1. The van der Waals surface area contributed by atoms with E-state index in [1.807, 2.05) is 42.5 Å². The topological polar surface area (TPSA) is 39.9 Å². The normalized spacial score (nSPS) is 11.0. The number of ether oxygens (including phenoxy) is 1. The molecule has 3 rings (SSSR count). The molecule has 0 saturated carbocycles. The summed E-state index contributed by atoms with van der Waals surface area (Å²) < 4.78 is 7.33. The molecule has 5 heteroatoms. The average molecular weight is 325 g/mol. The Hall–Kier alpha value is -2.27. The van der Waals surface area contributed by atoms with Crippen molar-refractivity contribution in [3.63, 3.8) is 0 Å². The first-order valence-electron chi connectivity index (χ1n) is 7.51. The quantitative estimate of drug-likeness (QED) is 0.650.